The van der Waals surface area contributed by atoms with Crippen LogP contribution in [0, 0.1) is 11.8 Å². The number of rotatable bonds is 9. The van der Waals surface area contributed by atoms with Gasteiger partial charge in [0.15, 0.2) is 11.6 Å². The molecule has 4 bridgehead atoms. The van der Waals surface area contributed by atoms with Crippen molar-refractivity contribution in [3.63, 3.8) is 0 Å². The maximum Gasteiger partial charge on any atom is 0.573 e. The van der Waals surface area contributed by atoms with Gasteiger partial charge in [-0.2, -0.15) is 0 Å². The van der Waals surface area contributed by atoms with Crippen molar-refractivity contribution in [2.75, 3.05) is 31.5 Å². The monoisotopic (exact) mass is 537 g/mol. The number of esters is 1. The van der Waals surface area contributed by atoms with E-state index in [1.54, 1.807) is 0 Å². The molecule has 3 saturated heterocycles. The Labute approximate surface area is 223 Å². The number of quaternary nitrogens is 1. The molecule has 7 rings (SSSR count). The number of ketones is 1. The SMILES string of the molecule is O=C(C[N+]12CCC3C(C1)[C@@]3(OC(=O)C(Nc1ccccc1)c1ccccc1)C2)c1ccc(OC(F)(F)F)cc1. The van der Waals surface area contributed by atoms with Crippen LogP contribution in [0.2, 0.25) is 0 Å². The average molecular weight is 538 g/mol. The second-order valence-corrected chi connectivity index (χ2v) is 10.8. The number of carbonyl (C=O) groups is 2. The second kappa shape index (κ2) is 9.41. The van der Waals surface area contributed by atoms with Crippen LogP contribution in [0.3, 0.4) is 0 Å². The van der Waals surface area contributed by atoms with E-state index in [1.807, 2.05) is 60.7 Å². The van der Waals surface area contributed by atoms with Gasteiger partial charge in [-0.3, -0.25) is 4.79 Å². The predicted molar refractivity (Wildman–Crippen MR) is 137 cm³/mol. The third-order valence-electron chi connectivity index (χ3n) is 8.35. The van der Waals surface area contributed by atoms with Crippen LogP contribution in [0.4, 0.5) is 18.9 Å². The molecule has 5 atom stereocenters. The molecule has 4 aliphatic rings. The molecule has 0 amide bonds. The molecule has 3 heterocycles. The fourth-order valence-corrected chi connectivity index (χ4v) is 6.62. The molecule has 4 fully saturated rings. The van der Waals surface area contributed by atoms with Gasteiger partial charge >= 0.3 is 12.3 Å². The fraction of sp³-hybridized carbons (Fsp3) is 0.333. The zero-order chi connectivity index (χ0) is 27.3. The van der Waals surface area contributed by atoms with Crippen LogP contribution in [-0.2, 0) is 9.53 Å². The first-order valence-electron chi connectivity index (χ1n) is 13.0. The van der Waals surface area contributed by atoms with E-state index < -0.39 is 18.0 Å². The number of nitrogens with one attached hydrogen (secondary N) is 1. The summed E-state index contributed by atoms with van der Waals surface area (Å²) in [6.07, 6.45) is -3.92. The fourth-order valence-electron chi connectivity index (χ4n) is 6.62. The number of benzene rings is 3. The Morgan fingerprint density at radius 1 is 0.949 bits per heavy atom. The molecule has 39 heavy (non-hydrogen) atoms. The van der Waals surface area contributed by atoms with Gasteiger partial charge in [0.25, 0.3) is 0 Å². The van der Waals surface area contributed by atoms with E-state index in [4.69, 9.17) is 4.74 Å². The highest BCUT2D eigenvalue weighted by molar-refractivity contribution is 5.97. The molecule has 6 nitrogen and oxygen atoms in total. The van der Waals surface area contributed by atoms with Gasteiger partial charge in [-0.25, -0.2) is 4.79 Å². The molecule has 3 aromatic rings. The highest BCUT2D eigenvalue weighted by Crippen LogP contribution is 2.65. The van der Waals surface area contributed by atoms with Gasteiger partial charge in [0.2, 0.25) is 5.78 Å². The Morgan fingerprint density at radius 2 is 1.62 bits per heavy atom. The predicted octanol–water partition coefficient (Wildman–Crippen LogP) is 5.38. The molecule has 1 saturated carbocycles. The number of anilines is 1. The molecule has 202 valence electrons. The van der Waals surface area contributed by atoms with Crippen LogP contribution in [0.15, 0.2) is 84.9 Å². The number of nitrogens with zero attached hydrogens (tertiary/aromatic N) is 1. The van der Waals surface area contributed by atoms with Crippen molar-refractivity contribution in [1.82, 2.24) is 0 Å². The smallest absolute Gasteiger partial charge is 0.450 e. The minimum Gasteiger partial charge on any atom is -0.450 e. The molecule has 0 aromatic heterocycles. The molecule has 1 aliphatic carbocycles. The largest absolute Gasteiger partial charge is 0.573 e. The Balaban J connectivity index is 1.15. The van der Waals surface area contributed by atoms with Crippen LogP contribution in [-0.4, -0.2) is 54.4 Å². The van der Waals surface area contributed by atoms with Crippen LogP contribution in [0.5, 0.6) is 5.75 Å². The van der Waals surface area contributed by atoms with Crippen LogP contribution in [0.25, 0.3) is 0 Å². The maximum atomic E-state index is 13.6. The second-order valence-electron chi connectivity index (χ2n) is 10.8. The van der Waals surface area contributed by atoms with Crippen molar-refractivity contribution < 1.29 is 36.7 Å². The van der Waals surface area contributed by atoms with Gasteiger partial charge in [-0.05, 0) is 42.0 Å². The molecule has 3 aliphatic heterocycles. The van der Waals surface area contributed by atoms with Gasteiger partial charge < -0.3 is 19.3 Å². The zero-order valence-electron chi connectivity index (χ0n) is 21.1. The van der Waals surface area contributed by atoms with E-state index in [0.29, 0.717) is 22.5 Å². The van der Waals surface area contributed by atoms with E-state index >= 15 is 0 Å². The summed E-state index contributed by atoms with van der Waals surface area (Å²) in [6.45, 7) is 2.35. The zero-order valence-corrected chi connectivity index (χ0v) is 21.1. The molecule has 3 aromatic carbocycles. The minimum atomic E-state index is -4.78. The first-order chi connectivity index (χ1) is 18.7. The normalized spacial score (nSPS) is 27.4. The van der Waals surface area contributed by atoms with Crippen molar-refractivity contribution >= 4 is 17.4 Å². The topological polar surface area (TPSA) is 64.6 Å². The Hall–Kier alpha value is -3.85. The summed E-state index contributed by atoms with van der Waals surface area (Å²) in [5, 5.41) is 3.32. The highest BCUT2D eigenvalue weighted by Gasteiger charge is 2.81. The third-order valence-corrected chi connectivity index (χ3v) is 8.35. The number of hydrogen-bond acceptors (Lipinski definition) is 5. The lowest BCUT2D eigenvalue weighted by Gasteiger charge is -2.41. The minimum absolute atomic E-state index is 0.150. The number of fused-ring (bicyclic) bond motifs is 1. The van der Waals surface area contributed by atoms with E-state index in [1.165, 1.54) is 12.1 Å². The first-order valence-corrected chi connectivity index (χ1v) is 13.0. The number of halogens is 3. The van der Waals surface area contributed by atoms with Crippen LogP contribution in [0.1, 0.15) is 28.4 Å². The Bertz CT molecular complexity index is 1370. The maximum absolute atomic E-state index is 13.6. The van der Waals surface area contributed by atoms with Gasteiger partial charge in [0.05, 0.1) is 19.0 Å². The van der Waals surface area contributed by atoms with Crippen molar-refractivity contribution in [3.05, 3.63) is 96.1 Å². The summed E-state index contributed by atoms with van der Waals surface area (Å²) in [7, 11) is 0. The van der Waals surface area contributed by atoms with Crippen LogP contribution >= 0.6 is 0 Å². The number of carbonyl (C=O) groups excluding carboxylic acids is 2. The number of para-hydroxylation sites is 1. The lowest BCUT2D eigenvalue weighted by molar-refractivity contribution is -0.922. The molecule has 4 unspecified atom stereocenters. The van der Waals surface area contributed by atoms with E-state index in [9.17, 15) is 22.8 Å². The van der Waals surface area contributed by atoms with E-state index in [2.05, 4.69) is 10.1 Å². The molecule has 0 spiro atoms. The molecular formula is C30H28F3N2O4+. The number of alkyl halides is 3. The summed E-state index contributed by atoms with van der Waals surface area (Å²) < 4.78 is 48.1. The summed E-state index contributed by atoms with van der Waals surface area (Å²) in [5.74, 6) is -0.354. The van der Waals surface area contributed by atoms with E-state index in [0.717, 1.165) is 42.9 Å². The lowest BCUT2D eigenvalue weighted by atomic mass is 10.0. The van der Waals surface area contributed by atoms with E-state index in [-0.39, 0.29) is 30.0 Å². The van der Waals surface area contributed by atoms with Gasteiger partial charge in [-0.1, -0.05) is 48.5 Å². The summed E-state index contributed by atoms with van der Waals surface area (Å²) in [6, 6.07) is 23.3. The standard InChI is InChI=1S/C30H28F3N2O4/c31-30(32,33)38-23-13-11-20(12-14-23)26(36)18-35-16-15-24-25(17-35)29(24,19-35)39-28(37)27(21-7-3-1-4-8-21)34-22-9-5-2-6-10-22/h1-14,24-25,27,34H,15-19H2/q+1/t24?,25?,27?,29-,35?/m1/s1. The van der Waals surface area contributed by atoms with Crippen molar-refractivity contribution in [2.45, 2.75) is 24.4 Å². The number of piperidine rings is 3. The highest BCUT2D eigenvalue weighted by atomic mass is 19.4. The summed E-state index contributed by atoms with van der Waals surface area (Å²) in [4.78, 5) is 26.8. The summed E-state index contributed by atoms with van der Waals surface area (Å²) in [5.41, 5.74) is 1.37. The van der Waals surface area contributed by atoms with Gasteiger partial charge in [0.1, 0.15) is 18.8 Å². The quantitative estimate of drug-likeness (QED) is 0.226. The molecule has 0 radical (unpaired) electrons. The first kappa shape index (κ1) is 25.4. The number of Topliss-reactive ketones (excluding diaryl/α,β-unsaturated/α-hetero) is 1. The molecule has 1 N–H and O–H groups in total. The third kappa shape index (κ3) is 4.98. The summed E-state index contributed by atoms with van der Waals surface area (Å²) >= 11 is 0. The van der Waals surface area contributed by atoms with Gasteiger partial charge in [-0.15, -0.1) is 13.2 Å². The lowest BCUT2D eigenvalue weighted by Crippen LogP contribution is -2.57. The Kier molecular flexibility index (Phi) is 6.14. The van der Waals surface area contributed by atoms with Crippen molar-refractivity contribution in [3.8, 4) is 5.75 Å². The van der Waals surface area contributed by atoms with Crippen molar-refractivity contribution in [2.24, 2.45) is 11.8 Å². The number of ether oxygens (including phenoxy) is 2. The van der Waals surface area contributed by atoms with Crippen molar-refractivity contribution in [1.29, 1.82) is 0 Å². The molecular weight excluding hydrogens is 509 g/mol. The number of hydrogen-bond donors (Lipinski definition) is 1. The average Bonchev–Trinajstić information content (AvgIpc) is 3.41. The Morgan fingerprint density at radius 3 is 2.28 bits per heavy atom. The van der Waals surface area contributed by atoms with Crippen LogP contribution < -0.4 is 10.1 Å². The molecule has 9 heteroatoms. The van der Waals surface area contributed by atoms with Gasteiger partial charge in [0, 0.05) is 23.6 Å².